The molecule has 3 nitrogen and oxygen atoms in total. The summed E-state index contributed by atoms with van der Waals surface area (Å²) in [6.45, 7) is 0.115. The van der Waals surface area contributed by atoms with E-state index in [1.165, 1.54) is 22.1 Å². The van der Waals surface area contributed by atoms with Gasteiger partial charge in [0.25, 0.3) is 6.71 Å². The van der Waals surface area contributed by atoms with Crippen molar-refractivity contribution in [1.82, 2.24) is 0 Å². The second-order valence-corrected chi connectivity index (χ2v) is 7.70. The third-order valence-electron chi connectivity index (χ3n) is 6.21. The van der Waals surface area contributed by atoms with E-state index in [0.717, 1.165) is 28.4 Å². The molecule has 7 rings (SSSR count). The third-order valence-corrected chi connectivity index (χ3v) is 6.21. The second kappa shape index (κ2) is 5.48. The van der Waals surface area contributed by atoms with E-state index < -0.39 is 0 Å². The standard InChI is InChI=1S/C24H15B2NO2/c1-3-11-19-16(8-1)25-17-9-2-5-13-21(17)28-23-15-7-10-18(24(23)25)26-27(19)20-12-4-6-14-22(20)29-26/h1-15H. The van der Waals surface area contributed by atoms with Crippen LogP contribution in [-0.4, -0.2) is 13.8 Å². The fourth-order valence-corrected chi connectivity index (χ4v) is 5.05. The first-order valence-electron chi connectivity index (χ1n) is 9.93. The number of ether oxygens (including phenoxy) is 1. The summed E-state index contributed by atoms with van der Waals surface area (Å²) in [5.41, 5.74) is 7.14. The van der Waals surface area contributed by atoms with Crippen molar-refractivity contribution in [2.45, 2.75) is 0 Å². The van der Waals surface area contributed by atoms with E-state index in [2.05, 4.69) is 77.6 Å². The zero-order valence-electron chi connectivity index (χ0n) is 15.6. The molecule has 0 saturated heterocycles. The topological polar surface area (TPSA) is 21.7 Å². The molecule has 0 aromatic heterocycles. The van der Waals surface area contributed by atoms with E-state index in [0.29, 0.717) is 0 Å². The Morgan fingerprint density at radius 1 is 0.552 bits per heavy atom. The first-order chi connectivity index (χ1) is 14.4. The van der Waals surface area contributed by atoms with Gasteiger partial charge in [0.05, 0.1) is 5.69 Å². The van der Waals surface area contributed by atoms with Gasteiger partial charge < -0.3 is 14.2 Å². The van der Waals surface area contributed by atoms with E-state index in [-0.39, 0.29) is 13.8 Å². The highest BCUT2D eigenvalue weighted by atomic mass is 16.5. The van der Waals surface area contributed by atoms with E-state index in [1.807, 2.05) is 18.2 Å². The summed E-state index contributed by atoms with van der Waals surface area (Å²) in [5, 5.41) is 0. The molecule has 134 valence electrons. The van der Waals surface area contributed by atoms with Crippen molar-refractivity contribution in [2.24, 2.45) is 0 Å². The predicted octanol–water partition coefficient (Wildman–Crippen LogP) is 2.55. The summed E-state index contributed by atoms with van der Waals surface area (Å²) < 4.78 is 12.9. The van der Waals surface area contributed by atoms with Crippen LogP contribution in [0.5, 0.6) is 17.2 Å². The molecule has 0 amide bonds. The molecule has 0 N–H and O–H groups in total. The molecule has 4 aromatic rings. The maximum Gasteiger partial charge on any atom is 0.523 e. The molecule has 0 fully saturated rings. The van der Waals surface area contributed by atoms with Crippen LogP contribution in [0.3, 0.4) is 0 Å². The highest BCUT2D eigenvalue weighted by molar-refractivity contribution is 7.02. The molecular formula is C24H15B2NO2. The van der Waals surface area contributed by atoms with E-state index >= 15 is 0 Å². The molecule has 0 unspecified atom stereocenters. The molecule has 3 heterocycles. The van der Waals surface area contributed by atoms with Gasteiger partial charge in [-0.15, -0.1) is 0 Å². The number of hydrogen-bond acceptors (Lipinski definition) is 3. The van der Waals surface area contributed by atoms with Crippen molar-refractivity contribution in [1.29, 1.82) is 0 Å². The normalized spacial score (nSPS) is 14.6. The fourth-order valence-electron chi connectivity index (χ4n) is 5.05. The summed E-state index contributed by atoms with van der Waals surface area (Å²) in [5.74, 6) is 2.77. The van der Waals surface area contributed by atoms with Gasteiger partial charge in [-0.05, 0) is 52.2 Å². The Kier molecular flexibility index (Phi) is 2.90. The minimum atomic E-state index is -0.206. The Hall–Kier alpha value is -3.59. The second-order valence-electron chi connectivity index (χ2n) is 7.70. The van der Waals surface area contributed by atoms with Crippen LogP contribution in [0.1, 0.15) is 0 Å². The number of benzene rings is 4. The zero-order valence-corrected chi connectivity index (χ0v) is 15.6. The Bertz CT molecular complexity index is 1310. The van der Waals surface area contributed by atoms with Crippen molar-refractivity contribution in [3.05, 3.63) is 91.0 Å². The van der Waals surface area contributed by atoms with Crippen LogP contribution in [0.15, 0.2) is 91.0 Å². The molecule has 0 atom stereocenters. The molecule has 0 aliphatic carbocycles. The lowest BCUT2D eigenvalue weighted by molar-refractivity contribution is 0.487. The summed E-state index contributed by atoms with van der Waals surface area (Å²) in [7, 11) is -0.206. The zero-order chi connectivity index (χ0) is 18.9. The number of para-hydroxylation sites is 4. The van der Waals surface area contributed by atoms with Crippen LogP contribution in [-0.2, 0) is 0 Å². The van der Waals surface area contributed by atoms with Gasteiger partial charge in [0, 0.05) is 5.69 Å². The van der Waals surface area contributed by atoms with Gasteiger partial charge in [0.15, 0.2) is 0 Å². The van der Waals surface area contributed by atoms with E-state index in [1.54, 1.807) is 0 Å². The van der Waals surface area contributed by atoms with Crippen LogP contribution in [0.2, 0.25) is 0 Å². The average molecular weight is 371 g/mol. The molecular weight excluding hydrogens is 356 g/mol. The number of fused-ring (bicyclic) bond motifs is 9. The molecule has 29 heavy (non-hydrogen) atoms. The van der Waals surface area contributed by atoms with Gasteiger partial charge in [-0.2, -0.15) is 0 Å². The Balaban J connectivity index is 1.61. The van der Waals surface area contributed by atoms with Gasteiger partial charge >= 0.3 is 7.05 Å². The molecule has 4 aromatic carbocycles. The van der Waals surface area contributed by atoms with Crippen LogP contribution < -0.4 is 36.1 Å². The highest BCUT2D eigenvalue weighted by Crippen LogP contribution is 2.41. The quantitative estimate of drug-likeness (QED) is 0.391. The van der Waals surface area contributed by atoms with Crippen molar-refractivity contribution < 1.29 is 9.39 Å². The fraction of sp³-hybridized carbons (Fsp3) is 0. The SMILES string of the molecule is c1ccc2c(c1)Oc1cccc3c1B2c1ccccc1N1B3Oc2ccccc21. The predicted molar refractivity (Wildman–Crippen MR) is 119 cm³/mol. The van der Waals surface area contributed by atoms with Gasteiger partial charge in [-0.1, -0.05) is 60.7 Å². The van der Waals surface area contributed by atoms with Crippen LogP contribution >= 0.6 is 0 Å². The number of hydrogen-bond donors (Lipinski definition) is 0. The molecule has 3 aliphatic heterocycles. The Morgan fingerprint density at radius 2 is 1.21 bits per heavy atom. The van der Waals surface area contributed by atoms with Gasteiger partial charge in [-0.25, -0.2) is 0 Å². The summed E-state index contributed by atoms with van der Waals surface area (Å²) >= 11 is 0. The molecule has 0 radical (unpaired) electrons. The molecule has 3 aliphatic rings. The largest absolute Gasteiger partial charge is 0.536 e. The maximum atomic E-state index is 6.50. The van der Waals surface area contributed by atoms with Crippen molar-refractivity contribution >= 4 is 47.0 Å². The summed E-state index contributed by atoms with van der Waals surface area (Å²) in [6, 6.07) is 31.7. The van der Waals surface area contributed by atoms with Crippen LogP contribution in [0, 0.1) is 0 Å². The smallest absolute Gasteiger partial charge is 0.523 e. The summed E-state index contributed by atoms with van der Waals surface area (Å²) in [6.07, 6.45) is 0. The minimum Gasteiger partial charge on any atom is -0.536 e. The minimum absolute atomic E-state index is 0.115. The van der Waals surface area contributed by atoms with Crippen molar-refractivity contribution in [3.63, 3.8) is 0 Å². The van der Waals surface area contributed by atoms with E-state index in [4.69, 9.17) is 9.39 Å². The summed E-state index contributed by atoms with van der Waals surface area (Å²) in [4.78, 5) is 2.33. The monoisotopic (exact) mass is 371 g/mol. The maximum absolute atomic E-state index is 6.50. The van der Waals surface area contributed by atoms with Crippen LogP contribution in [0.25, 0.3) is 0 Å². The molecule has 0 saturated carbocycles. The lowest BCUT2D eigenvalue weighted by Crippen LogP contribution is -2.61. The third kappa shape index (κ3) is 1.94. The van der Waals surface area contributed by atoms with Gasteiger partial charge in [0.1, 0.15) is 17.2 Å². The Labute approximate surface area is 169 Å². The number of rotatable bonds is 0. The van der Waals surface area contributed by atoms with Crippen LogP contribution in [0.4, 0.5) is 11.4 Å². The van der Waals surface area contributed by atoms with Crippen molar-refractivity contribution in [3.8, 4) is 17.2 Å². The van der Waals surface area contributed by atoms with Crippen molar-refractivity contribution in [2.75, 3.05) is 4.81 Å². The molecule has 0 bridgehead atoms. The number of anilines is 2. The average Bonchev–Trinajstić information content (AvgIpc) is 3.11. The first kappa shape index (κ1) is 15.3. The number of nitrogens with zero attached hydrogens (tertiary/aromatic N) is 1. The van der Waals surface area contributed by atoms with Gasteiger partial charge in [-0.3, -0.25) is 0 Å². The lowest BCUT2D eigenvalue weighted by Gasteiger charge is -2.28. The lowest BCUT2D eigenvalue weighted by atomic mass is 9.34. The molecule has 5 heteroatoms. The van der Waals surface area contributed by atoms with E-state index in [9.17, 15) is 0 Å². The first-order valence-corrected chi connectivity index (χ1v) is 9.93. The Morgan fingerprint density at radius 3 is 2.10 bits per heavy atom. The van der Waals surface area contributed by atoms with Gasteiger partial charge in [0.2, 0.25) is 0 Å². The molecule has 0 spiro atoms. The highest BCUT2D eigenvalue weighted by Gasteiger charge is 2.48.